The first-order valence-corrected chi connectivity index (χ1v) is 6.26. The number of rotatable bonds is 3. The molecule has 0 aliphatic heterocycles. The normalized spacial score (nSPS) is 10.4. The van der Waals surface area contributed by atoms with Gasteiger partial charge in [0.15, 0.2) is 0 Å². The molecule has 1 aromatic carbocycles. The van der Waals surface area contributed by atoms with Gasteiger partial charge in [0.25, 0.3) is 0 Å². The molecule has 94 valence electrons. The van der Waals surface area contributed by atoms with Crippen molar-refractivity contribution in [2.24, 2.45) is 0 Å². The fraction of sp³-hybridized carbons (Fsp3) is 0.250. The number of aryl methyl sites for hydroxylation is 2. The molecule has 0 saturated heterocycles. The Morgan fingerprint density at radius 3 is 2.83 bits per heavy atom. The Hall–Kier alpha value is -1.69. The van der Waals surface area contributed by atoms with E-state index in [0.29, 0.717) is 0 Å². The molecule has 0 unspecified atom stereocenters. The van der Waals surface area contributed by atoms with Crippen molar-refractivity contribution >= 4 is 27.5 Å². The summed E-state index contributed by atoms with van der Waals surface area (Å²) in [5.74, 6) is -0.131. The predicted octanol–water partition coefficient (Wildman–Crippen LogP) is 2.30. The number of halogens is 1. The Bertz CT molecular complexity index is 542. The van der Waals surface area contributed by atoms with Crippen LogP contribution >= 0.6 is 15.9 Å². The molecule has 2 rings (SSSR count). The molecule has 0 fully saturated rings. The lowest BCUT2D eigenvalue weighted by Gasteiger charge is -2.11. The molecule has 0 spiro atoms. The first kappa shape index (κ1) is 12.8. The molecular weight excluding hydrogens is 296 g/mol. The second-order valence-electron chi connectivity index (χ2n) is 4.09. The fourth-order valence-corrected chi connectivity index (χ4v) is 2.49. The lowest BCUT2D eigenvalue weighted by atomic mass is 10.1. The number of amides is 1. The third kappa shape index (κ3) is 2.95. The fourth-order valence-electron chi connectivity index (χ4n) is 1.72. The number of benzene rings is 1. The first-order chi connectivity index (χ1) is 8.56. The predicted molar refractivity (Wildman–Crippen MR) is 72.3 cm³/mol. The number of carbonyl (C=O) groups is 1. The second kappa shape index (κ2) is 5.30. The third-order valence-corrected chi connectivity index (χ3v) is 3.10. The molecular formula is C12H13BrN4O. The van der Waals surface area contributed by atoms with E-state index in [1.54, 1.807) is 12.4 Å². The summed E-state index contributed by atoms with van der Waals surface area (Å²) in [7, 11) is 0. The van der Waals surface area contributed by atoms with Gasteiger partial charge >= 0.3 is 0 Å². The van der Waals surface area contributed by atoms with E-state index < -0.39 is 0 Å². The first-order valence-electron chi connectivity index (χ1n) is 5.47. The van der Waals surface area contributed by atoms with Gasteiger partial charge in [0.05, 0.1) is 11.9 Å². The largest absolute Gasteiger partial charge is 0.323 e. The van der Waals surface area contributed by atoms with Gasteiger partial charge in [-0.2, -0.15) is 0 Å². The van der Waals surface area contributed by atoms with Gasteiger partial charge in [-0.3, -0.25) is 4.79 Å². The summed E-state index contributed by atoms with van der Waals surface area (Å²) in [6.45, 7) is 4.13. The van der Waals surface area contributed by atoms with Crippen LogP contribution in [0.2, 0.25) is 0 Å². The smallest absolute Gasteiger partial charge is 0.246 e. The maximum absolute atomic E-state index is 11.8. The van der Waals surface area contributed by atoms with E-state index in [0.717, 1.165) is 21.3 Å². The Morgan fingerprint density at radius 2 is 2.22 bits per heavy atom. The highest BCUT2D eigenvalue weighted by Crippen LogP contribution is 2.27. The average molecular weight is 309 g/mol. The summed E-state index contributed by atoms with van der Waals surface area (Å²) in [5.41, 5.74) is 2.97. The van der Waals surface area contributed by atoms with Gasteiger partial charge < -0.3 is 5.32 Å². The zero-order valence-corrected chi connectivity index (χ0v) is 11.7. The lowest BCUT2D eigenvalue weighted by Crippen LogP contribution is -2.20. The van der Waals surface area contributed by atoms with Gasteiger partial charge in [0.2, 0.25) is 5.91 Å². The van der Waals surface area contributed by atoms with Crippen LogP contribution in [0.1, 0.15) is 11.1 Å². The number of nitrogens with zero attached hydrogens (tertiary/aromatic N) is 3. The van der Waals surface area contributed by atoms with Crippen molar-refractivity contribution in [3.8, 4) is 0 Å². The monoisotopic (exact) mass is 308 g/mol. The van der Waals surface area contributed by atoms with Gasteiger partial charge in [-0.15, -0.1) is 5.10 Å². The van der Waals surface area contributed by atoms with E-state index >= 15 is 0 Å². The molecule has 0 atom stereocenters. The summed E-state index contributed by atoms with van der Waals surface area (Å²) < 4.78 is 2.36. The van der Waals surface area contributed by atoms with Crippen molar-refractivity contribution in [3.05, 3.63) is 40.1 Å². The topological polar surface area (TPSA) is 59.8 Å². The second-order valence-corrected chi connectivity index (χ2v) is 4.94. The van der Waals surface area contributed by atoms with Crippen molar-refractivity contribution in [3.63, 3.8) is 0 Å². The lowest BCUT2D eigenvalue weighted by molar-refractivity contribution is -0.116. The Labute approximate surface area is 113 Å². The minimum absolute atomic E-state index is 0.131. The zero-order chi connectivity index (χ0) is 13.1. The number of hydrogen-bond donors (Lipinski definition) is 1. The third-order valence-electron chi connectivity index (χ3n) is 2.47. The Balaban J connectivity index is 2.12. The molecule has 0 bridgehead atoms. The van der Waals surface area contributed by atoms with E-state index in [2.05, 4.69) is 31.6 Å². The standard InChI is InChI=1S/C12H13BrN4O/c1-8-5-9(2)12(10(13)6-8)15-11(18)7-17-4-3-14-16-17/h3-6H,7H2,1-2H3,(H,15,18). The molecule has 18 heavy (non-hydrogen) atoms. The minimum atomic E-state index is -0.131. The van der Waals surface area contributed by atoms with Crippen LogP contribution in [0.15, 0.2) is 29.0 Å². The SMILES string of the molecule is Cc1cc(C)c(NC(=O)Cn2ccnn2)c(Br)c1. The molecule has 0 aliphatic rings. The number of nitrogens with one attached hydrogen (secondary N) is 1. The van der Waals surface area contributed by atoms with Gasteiger partial charge in [0, 0.05) is 10.7 Å². The van der Waals surface area contributed by atoms with E-state index in [9.17, 15) is 4.79 Å². The number of aromatic nitrogens is 3. The molecule has 5 nitrogen and oxygen atoms in total. The molecule has 0 saturated carbocycles. The van der Waals surface area contributed by atoms with Crippen LogP contribution in [-0.2, 0) is 11.3 Å². The van der Waals surface area contributed by atoms with Crippen LogP contribution in [0.3, 0.4) is 0 Å². The number of anilines is 1. The maximum atomic E-state index is 11.8. The van der Waals surface area contributed by atoms with Gasteiger partial charge in [0.1, 0.15) is 6.54 Å². The van der Waals surface area contributed by atoms with E-state index in [4.69, 9.17) is 0 Å². The van der Waals surface area contributed by atoms with Gasteiger partial charge in [-0.25, -0.2) is 4.68 Å². The van der Waals surface area contributed by atoms with Crippen LogP contribution in [0.4, 0.5) is 5.69 Å². The molecule has 0 aliphatic carbocycles. The van der Waals surface area contributed by atoms with Crippen molar-refractivity contribution in [1.82, 2.24) is 15.0 Å². The highest BCUT2D eigenvalue weighted by Gasteiger charge is 2.09. The molecule has 0 radical (unpaired) electrons. The Kier molecular flexibility index (Phi) is 3.76. The molecule has 1 heterocycles. The summed E-state index contributed by atoms with van der Waals surface area (Å²) in [4.78, 5) is 11.8. The van der Waals surface area contributed by atoms with E-state index in [1.807, 2.05) is 26.0 Å². The highest BCUT2D eigenvalue weighted by atomic mass is 79.9. The maximum Gasteiger partial charge on any atom is 0.246 e. The average Bonchev–Trinajstić information content (AvgIpc) is 2.76. The van der Waals surface area contributed by atoms with Gasteiger partial charge in [-0.1, -0.05) is 11.3 Å². The highest BCUT2D eigenvalue weighted by molar-refractivity contribution is 9.10. The van der Waals surface area contributed by atoms with Crippen LogP contribution < -0.4 is 5.32 Å². The van der Waals surface area contributed by atoms with E-state index in [1.165, 1.54) is 4.68 Å². The van der Waals surface area contributed by atoms with E-state index in [-0.39, 0.29) is 12.5 Å². The van der Waals surface area contributed by atoms with Crippen LogP contribution in [-0.4, -0.2) is 20.9 Å². The van der Waals surface area contributed by atoms with Crippen molar-refractivity contribution < 1.29 is 4.79 Å². The summed E-state index contributed by atoms with van der Waals surface area (Å²) >= 11 is 3.45. The molecule has 2 aromatic rings. The van der Waals surface area contributed by atoms with Crippen molar-refractivity contribution in [1.29, 1.82) is 0 Å². The zero-order valence-electron chi connectivity index (χ0n) is 10.1. The Morgan fingerprint density at radius 1 is 1.44 bits per heavy atom. The number of carbonyl (C=O) groups excluding carboxylic acids is 1. The summed E-state index contributed by atoms with van der Waals surface area (Å²) in [6.07, 6.45) is 3.19. The molecule has 6 heteroatoms. The molecule has 1 aromatic heterocycles. The molecule has 1 amide bonds. The summed E-state index contributed by atoms with van der Waals surface area (Å²) in [6, 6.07) is 3.99. The molecule has 1 N–H and O–H groups in total. The van der Waals surface area contributed by atoms with Crippen molar-refractivity contribution in [2.75, 3.05) is 5.32 Å². The quantitative estimate of drug-likeness (QED) is 0.946. The van der Waals surface area contributed by atoms with Crippen LogP contribution in [0, 0.1) is 13.8 Å². The van der Waals surface area contributed by atoms with Crippen molar-refractivity contribution in [2.45, 2.75) is 20.4 Å². The van der Waals surface area contributed by atoms with Crippen LogP contribution in [0.5, 0.6) is 0 Å². The number of hydrogen-bond acceptors (Lipinski definition) is 3. The minimum Gasteiger partial charge on any atom is -0.323 e. The van der Waals surface area contributed by atoms with Gasteiger partial charge in [-0.05, 0) is 47.0 Å². The summed E-state index contributed by atoms with van der Waals surface area (Å²) in [5, 5.41) is 10.3. The van der Waals surface area contributed by atoms with Crippen LogP contribution in [0.25, 0.3) is 0 Å².